The third kappa shape index (κ3) is 4.18. The number of H-pyrrole nitrogens is 1. The van der Waals surface area contributed by atoms with Crippen LogP contribution in [0, 0.1) is 20.8 Å². The summed E-state index contributed by atoms with van der Waals surface area (Å²) in [5.74, 6) is -0.888. The fourth-order valence-corrected chi connectivity index (χ4v) is 3.61. The topological polar surface area (TPSA) is 102 Å². The summed E-state index contributed by atoms with van der Waals surface area (Å²) in [5.41, 5.74) is 5.61. The van der Waals surface area contributed by atoms with Crippen LogP contribution in [0.5, 0.6) is 0 Å². The summed E-state index contributed by atoms with van der Waals surface area (Å²) in [5, 5.41) is 8.19. The van der Waals surface area contributed by atoms with Gasteiger partial charge in [-0.05, 0) is 44.5 Å². The highest BCUT2D eigenvalue weighted by Crippen LogP contribution is 2.23. The highest BCUT2D eigenvalue weighted by molar-refractivity contribution is 5.94. The zero-order valence-electron chi connectivity index (χ0n) is 17.6. The second-order valence-corrected chi connectivity index (χ2v) is 7.33. The number of anilines is 1. The number of aryl methyl sites for hydroxylation is 2. The Labute approximate surface area is 179 Å². The van der Waals surface area contributed by atoms with E-state index in [0.717, 1.165) is 33.5 Å². The van der Waals surface area contributed by atoms with Gasteiger partial charge in [0, 0.05) is 29.0 Å². The maximum atomic E-state index is 12.4. The van der Waals surface area contributed by atoms with E-state index >= 15 is 0 Å². The Morgan fingerprint density at radius 2 is 1.90 bits per heavy atom. The molecular weight excluding hydrogens is 394 g/mol. The van der Waals surface area contributed by atoms with Crippen LogP contribution in [-0.2, 0) is 20.7 Å². The Morgan fingerprint density at radius 1 is 1.13 bits per heavy atom. The van der Waals surface area contributed by atoms with E-state index in [1.165, 1.54) is 0 Å². The van der Waals surface area contributed by atoms with Crippen molar-refractivity contribution in [2.24, 2.45) is 0 Å². The van der Waals surface area contributed by atoms with Crippen molar-refractivity contribution in [1.29, 1.82) is 0 Å². The van der Waals surface area contributed by atoms with E-state index < -0.39 is 11.9 Å². The lowest BCUT2D eigenvalue weighted by Gasteiger charge is -2.08. The molecule has 4 rings (SSSR count). The summed E-state index contributed by atoms with van der Waals surface area (Å²) in [7, 11) is 0. The molecule has 8 nitrogen and oxygen atoms in total. The maximum absolute atomic E-state index is 12.4. The molecule has 2 N–H and O–H groups in total. The van der Waals surface area contributed by atoms with E-state index in [0.29, 0.717) is 11.4 Å². The van der Waals surface area contributed by atoms with Gasteiger partial charge in [-0.1, -0.05) is 18.2 Å². The van der Waals surface area contributed by atoms with Crippen molar-refractivity contribution in [3.63, 3.8) is 0 Å². The molecule has 0 fully saturated rings. The standard InChI is InChI=1S/C23H23N5O3/c1-14-18(19-12-24-10-9-20(19)25-14)11-22(30)31-13-21(29)26-23-15(2)27-28(16(23)3)17-7-5-4-6-8-17/h4-10,12,25H,11,13H2,1-3H3,(H,26,29). The Balaban J connectivity index is 1.39. The Bertz CT molecular complexity index is 1260. The molecule has 0 spiro atoms. The van der Waals surface area contributed by atoms with Gasteiger partial charge in [-0.15, -0.1) is 0 Å². The lowest BCUT2D eigenvalue weighted by atomic mass is 10.1. The quantitative estimate of drug-likeness (QED) is 0.468. The van der Waals surface area contributed by atoms with E-state index in [2.05, 4.69) is 20.4 Å². The molecule has 0 aliphatic heterocycles. The first-order valence-electron chi connectivity index (χ1n) is 9.92. The van der Waals surface area contributed by atoms with Crippen LogP contribution in [0.3, 0.4) is 0 Å². The molecule has 0 atom stereocenters. The van der Waals surface area contributed by atoms with Crippen LogP contribution in [0.15, 0.2) is 48.8 Å². The minimum atomic E-state index is -0.476. The number of rotatable bonds is 6. The number of nitrogens with one attached hydrogen (secondary N) is 2. The number of benzene rings is 1. The number of aromatic amines is 1. The third-order valence-corrected chi connectivity index (χ3v) is 5.16. The lowest BCUT2D eigenvalue weighted by Crippen LogP contribution is -2.22. The summed E-state index contributed by atoms with van der Waals surface area (Å²) in [4.78, 5) is 32.1. The zero-order valence-corrected chi connectivity index (χ0v) is 17.6. The molecule has 0 aliphatic carbocycles. The van der Waals surface area contributed by atoms with Crippen LogP contribution in [0.1, 0.15) is 22.6 Å². The molecule has 0 unspecified atom stereocenters. The second-order valence-electron chi connectivity index (χ2n) is 7.33. The monoisotopic (exact) mass is 417 g/mol. The Kier molecular flexibility index (Phi) is 5.53. The number of hydrogen-bond donors (Lipinski definition) is 2. The number of aromatic nitrogens is 4. The van der Waals surface area contributed by atoms with Gasteiger partial charge in [-0.25, -0.2) is 4.68 Å². The van der Waals surface area contributed by atoms with Crippen LogP contribution in [0.4, 0.5) is 5.69 Å². The fraction of sp³-hybridized carbons (Fsp3) is 0.217. The van der Waals surface area contributed by atoms with Crippen LogP contribution in [-0.4, -0.2) is 38.2 Å². The summed E-state index contributed by atoms with van der Waals surface area (Å²) >= 11 is 0. The van der Waals surface area contributed by atoms with Crippen molar-refractivity contribution >= 4 is 28.5 Å². The molecule has 3 heterocycles. The van der Waals surface area contributed by atoms with E-state index in [4.69, 9.17) is 4.74 Å². The van der Waals surface area contributed by atoms with Gasteiger partial charge >= 0.3 is 5.97 Å². The first-order valence-corrected chi connectivity index (χ1v) is 9.92. The zero-order chi connectivity index (χ0) is 22.0. The van der Waals surface area contributed by atoms with Gasteiger partial charge in [-0.3, -0.25) is 14.6 Å². The van der Waals surface area contributed by atoms with Crippen LogP contribution in [0.2, 0.25) is 0 Å². The summed E-state index contributed by atoms with van der Waals surface area (Å²) in [6, 6.07) is 11.5. The van der Waals surface area contributed by atoms with Gasteiger partial charge in [0.05, 0.1) is 29.2 Å². The summed E-state index contributed by atoms with van der Waals surface area (Å²) < 4.78 is 6.98. The van der Waals surface area contributed by atoms with Gasteiger partial charge in [0.2, 0.25) is 0 Å². The van der Waals surface area contributed by atoms with Crippen LogP contribution >= 0.6 is 0 Å². The average Bonchev–Trinajstić information content (AvgIpc) is 3.23. The first kappa shape index (κ1) is 20.3. The summed E-state index contributed by atoms with van der Waals surface area (Å²) in [6.07, 6.45) is 3.47. The van der Waals surface area contributed by atoms with Gasteiger partial charge in [-0.2, -0.15) is 5.10 Å². The molecule has 158 valence electrons. The molecule has 0 aliphatic rings. The molecule has 0 radical (unpaired) electrons. The highest BCUT2D eigenvalue weighted by Gasteiger charge is 2.18. The maximum Gasteiger partial charge on any atom is 0.310 e. The molecule has 0 saturated carbocycles. The van der Waals surface area contributed by atoms with Crippen molar-refractivity contribution in [2.45, 2.75) is 27.2 Å². The van der Waals surface area contributed by atoms with Crippen molar-refractivity contribution in [3.8, 4) is 5.69 Å². The predicted molar refractivity (Wildman–Crippen MR) is 117 cm³/mol. The van der Waals surface area contributed by atoms with E-state index in [1.54, 1.807) is 17.1 Å². The number of esters is 1. The molecule has 4 aromatic rings. The smallest absolute Gasteiger partial charge is 0.310 e. The molecular formula is C23H23N5O3. The predicted octanol–water partition coefficient (Wildman–Crippen LogP) is 3.40. The van der Waals surface area contributed by atoms with Crippen LogP contribution < -0.4 is 5.32 Å². The van der Waals surface area contributed by atoms with E-state index in [1.807, 2.05) is 57.2 Å². The lowest BCUT2D eigenvalue weighted by molar-refractivity contribution is -0.146. The average molecular weight is 417 g/mol. The molecule has 31 heavy (non-hydrogen) atoms. The van der Waals surface area contributed by atoms with Crippen molar-refractivity contribution < 1.29 is 14.3 Å². The largest absolute Gasteiger partial charge is 0.455 e. The number of para-hydroxylation sites is 1. The number of carbonyl (C=O) groups is 2. The molecule has 3 aromatic heterocycles. The van der Waals surface area contributed by atoms with Crippen molar-refractivity contribution in [1.82, 2.24) is 19.7 Å². The molecule has 8 heteroatoms. The normalized spacial score (nSPS) is 10.9. The number of fused-ring (bicyclic) bond motifs is 1. The number of hydrogen-bond acceptors (Lipinski definition) is 5. The van der Waals surface area contributed by atoms with E-state index in [-0.39, 0.29) is 13.0 Å². The molecule has 1 amide bonds. The van der Waals surface area contributed by atoms with Crippen LogP contribution in [0.25, 0.3) is 16.6 Å². The number of pyridine rings is 1. The molecule has 0 bridgehead atoms. The number of amides is 1. The third-order valence-electron chi connectivity index (χ3n) is 5.16. The van der Waals surface area contributed by atoms with Gasteiger partial charge in [0.15, 0.2) is 6.61 Å². The minimum absolute atomic E-state index is 0.0643. The van der Waals surface area contributed by atoms with Gasteiger partial charge < -0.3 is 15.0 Å². The second kappa shape index (κ2) is 8.43. The SMILES string of the molecule is Cc1nn(-c2ccccc2)c(C)c1NC(=O)COC(=O)Cc1c(C)[nH]c2ccncc12. The van der Waals surface area contributed by atoms with Crippen molar-refractivity contribution in [3.05, 3.63) is 71.4 Å². The highest BCUT2D eigenvalue weighted by atomic mass is 16.5. The van der Waals surface area contributed by atoms with Gasteiger partial charge in [0.1, 0.15) is 0 Å². The number of ether oxygens (including phenoxy) is 1. The Morgan fingerprint density at radius 3 is 2.68 bits per heavy atom. The number of nitrogens with zero attached hydrogens (tertiary/aromatic N) is 3. The fourth-order valence-electron chi connectivity index (χ4n) is 3.61. The summed E-state index contributed by atoms with van der Waals surface area (Å²) in [6.45, 7) is 5.23. The van der Waals surface area contributed by atoms with Gasteiger partial charge in [0.25, 0.3) is 5.91 Å². The molecule has 1 aromatic carbocycles. The Hall–Kier alpha value is -3.94. The van der Waals surface area contributed by atoms with E-state index in [9.17, 15) is 9.59 Å². The number of carbonyl (C=O) groups excluding carboxylic acids is 2. The first-order chi connectivity index (χ1) is 14.9. The van der Waals surface area contributed by atoms with Crippen molar-refractivity contribution in [2.75, 3.05) is 11.9 Å². The molecule has 0 saturated heterocycles. The minimum Gasteiger partial charge on any atom is -0.455 e.